The molecule has 28 heavy (non-hydrogen) atoms. The maximum absolute atomic E-state index is 12.8. The number of nitrogens with one attached hydrogen (secondary N) is 1. The second-order valence-electron chi connectivity index (χ2n) is 5.69. The molecule has 0 saturated heterocycles. The van der Waals surface area contributed by atoms with Crippen molar-refractivity contribution in [3.63, 3.8) is 0 Å². The number of anilines is 1. The smallest absolute Gasteiger partial charge is 0.243 e. The number of carbonyl (C=O) groups is 1. The Morgan fingerprint density at radius 2 is 1.93 bits per heavy atom. The molecule has 0 fully saturated rings. The van der Waals surface area contributed by atoms with Gasteiger partial charge in [-0.25, -0.2) is 13.4 Å². The summed E-state index contributed by atoms with van der Waals surface area (Å²) in [5.74, 6) is 0.307. The van der Waals surface area contributed by atoms with E-state index < -0.39 is 10.0 Å². The van der Waals surface area contributed by atoms with Crippen LogP contribution in [-0.2, 0) is 14.8 Å². The zero-order valence-corrected chi connectivity index (χ0v) is 17.8. The molecule has 1 aromatic carbocycles. The number of ether oxygens (including phenoxy) is 1. The van der Waals surface area contributed by atoms with Crippen LogP contribution in [0.4, 0.5) is 5.69 Å². The van der Waals surface area contributed by atoms with Crippen LogP contribution < -0.4 is 10.1 Å². The Hall–Kier alpha value is -2.10. The van der Waals surface area contributed by atoms with Crippen molar-refractivity contribution in [2.75, 3.05) is 30.8 Å². The van der Waals surface area contributed by atoms with E-state index in [0.29, 0.717) is 31.1 Å². The Balaban J connectivity index is 2.22. The highest BCUT2D eigenvalue weighted by Gasteiger charge is 2.23. The van der Waals surface area contributed by atoms with Crippen molar-refractivity contribution in [3.05, 3.63) is 42.6 Å². The van der Waals surface area contributed by atoms with Crippen molar-refractivity contribution in [1.29, 1.82) is 0 Å². The molecule has 1 heterocycles. The van der Waals surface area contributed by atoms with Crippen molar-refractivity contribution in [3.8, 4) is 5.75 Å². The third-order valence-electron chi connectivity index (χ3n) is 3.86. The van der Waals surface area contributed by atoms with Crippen molar-refractivity contribution in [1.82, 2.24) is 9.29 Å². The minimum atomic E-state index is -3.64. The van der Waals surface area contributed by atoms with E-state index in [1.807, 2.05) is 19.1 Å². The van der Waals surface area contributed by atoms with Crippen LogP contribution in [0.2, 0.25) is 0 Å². The molecule has 0 aliphatic carbocycles. The summed E-state index contributed by atoms with van der Waals surface area (Å²) in [6.07, 6.45) is 1.66. The average Bonchev–Trinajstić information content (AvgIpc) is 2.69. The van der Waals surface area contributed by atoms with E-state index >= 15 is 0 Å². The van der Waals surface area contributed by atoms with Gasteiger partial charge in [0.1, 0.15) is 5.75 Å². The maximum atomic E-state index is 12.8. The fourth-order valence-corrected chi connectivity index (χ4v) is 4.67. The van der Waals surface area contributed by atoms with Gasteiger partial charge in [0, 0.05) is 19.3 Å². The first-order chi connectivity index (χ1) is 13.4. The minimum absolute atomic E-state index is 0.118. The second kappa shape index (κ2) is 10.4. The number of rotatable bonds is 10. The lowest BCUT2D eigenvalue weighted by Gasteiger charge is -2.20. The first-order valence-electron chi connectivity index (χ1n) is 9.03. The van der Waals surface area contributed by atoms with Crippen LogP contribution in [0.1, 0.15) is 20.8 Å². The number of amides is 1. The molecule has 0 radical (unpaired) electrons. The Labute approximate surface area is 170 Å². The number of aromatic nitrogens is 1. The van der Waals surface area contributed by atoms with Crippen LogP contribution >= 0.6 is 11.8 Å². The van der Waals surface area contributed by atoms with Crippen LogP contribution in [0.3, 0.4) is 0 Å². The van der Waals surface area contributed by atoms with Gasteiger partial charge in [-0.1, -0.05) is 31.7 Å². The summed E-state index contributed by atoms with van der Waals surface area (Å²) < 4.78 is 32.5. The topological polar surface area (TPSA) is 88.6 Å². The normalized spacial score (nSPS) is 11.4. The molecular formula is C19H25N3O4S2. The predicted molar refractivity (Wildman–Crippen MR) is 111 cm³/mol. The van der Waals surface area contributed by atoms with Gasteiger partial charge in [0.2, 0.25) is 15.9 Å². The standard InChI is InChI=1S/C19H25N3O4S2/c1-4-22(5-2)28(24,25)15-10-11-17(26-6-3)16(13-15)21-18(23)14-27-19-9-7-8-12-20-19/h7-13H,4-6,14H2,1-3H3,(H,21,23). The van der Waals surface area contributed by atoms with Gasteiger partial charge in [0.15, 0.2) is 0 Å². The molecule has 1 amide bonds. The summed E-state index contributed by atoms with van der Waals surface area (Å²) >= 11 is 1.30. The molecule has 1 N–H and O–H groups in total. The molecule has 1 aromatic heterocycles. The van der Waals surface area contributed by atoms with E-state index in [1.54, 1.807) is 32.2 Å². The number of hydrogen-bond donors (Lipinski definition) is 1. The fraction of sp³-hybridized carbons (Fsp3) is 0.368. The van der Waals surface area contributed by atoms with E-state index in [-0.39, 0.29) is 16.6 Å². The number of thioether (sulfide) groups is 1. The van der Waals surface area contributed by atoms with Gasteiger partial charge in [0.25, 0.3) is 0 Å². The molecule has 0 aliphatic heterocycles. The quantitative estimate of drug-likeness (QED) is 0.590. The highest BCUT2D eigenvalue weighted by Crippen LogP contribution is 2.29. The lowest BCUT2D eigenvalue weighted by Crippen LogP contribution is -2.30. The lowest BCUT2D eigenvalue weighted by molar-refractivity contribution is -0.113. The number of benzene rings is 1. The molecule has 0 saturated carbocycles. The molecule has 0 spiro atoms. The second-order valence-corrected chi connectivity index (χ2v) is 8.62. The van der Waals surface area contributed by atoms with E-state index in [4.69, 9.17) is 4.74 Å². The van der Waals surface area contributed by atoms with Crippen LogP contribution in [0, 0.1) is 0 Å². The van der Waals surface area contributed by atoms with Crippen molar-refractivity contribution < 1.29 is 17.9 Å². The molecule has 152 valence electrons. The number of nitrogens with zero attached hydrogens (tertiary/aromatic N) is 2. The van der Waals surface area contributed by atoms with Crippen LogP contribution in [0.15, 0.2) is 52.5 Å². The van der Waals surface area contributed by atoms with E-state index in [2.05, 4.69) is 10.3 Å². The Morgan fingerprint density at radius 3 is 2.54 bits per heavy atom. The van der Waals surface area contributed by atoms with E-state index in [9.17, 15) is 13.2 Å². The Morgan fingerprint density at radius 1 is 1.18 bits per heavy atom. The summed E-state index contributed by atoms with van der Waals surface area (Å²) in [7, 11) is -3.64. The van der Waals surface area contributed by atoms with Crippen LogP contribution in [0.5, 0.6) is 5.75 Å². The van der Waals surface area contributed by atoms with Gasteiger partial charge in [-0.2, -0.15) is 4.31 Å². The van der Waals surface area contributed by atoms with Gasteiger partial charge in [0.05, 0.1) is 28.0 Å². The minimum Gasteiger partial charge on any atom is -0.492 e. The highest BCUT2D eigenvalue weighted by molar-refractivity contribution is 7.99. The third kappa shape index (κ3) is 5.70. The SMILES string of the molecule is CCOc1ccc(S(=O)(=O)N(CC)CC)cc1NC(=O)CSc1ccccn1. The Kier molecular flexibility index (Phi) is 8.28. The molecule has 0 bridgehead atoms. The van der Waals surface area contributed by atoms with Gasteiger partial charge >= 0.3 is 0 Å². The monoisotopic (exact) mass is 423 g/mol. The summed E-state index contributed by atoms with van der Waals surface area (Å²) in [5, 5.41) is 3.49. The van der Waals surface area contributed by atoms with Crippen LogP contribution in [-0.4, -0.2) is 49.1 Å². The zero-order chi connectivity index (χ0) is 20.6. The Bertz CT molecular complexity index is 885. The lowest BCUT2D eigenvalue weighted by atomic mass is 10.3. The van der Waals surface area contributed by atoms with Crippen molar-refractivity contribution in [2.45, 2.75) is 30.7 Å². The van der Waals surface area contributed by atoms with Crippen molar-refractivity contribution >= 4 is 33.4 Å². The molecule has 0 unspecified atom stereocenters. The van der Waals surface area contributed by atoms with Crippen LogP contribution in [0.25, 0.3) is 0 Å². The number of carbonyl (C=O) groups excluding carboxylic acids is 1. The highest BCUT2D eigenvalue weighted by atomic mass is 32.2. The van der Waals surface area contributed by atoms with Gasteiger partial charge in [-0.15, -0.1) is 0 Å². The van der Waals surface area contributed by atoms with E-state index in [0.717, 1.165) is 5.03 Å². The molecule has 7 nitrogen and oxygen atoms in total. The zero-order valence-electron chi connectivity index (χ0n) is 16.2. The van der Waals surface area contributed by atoms with Gasteiger partial charge in [-0.05, 0) is 37.3 Å². The fourth-order valence-electron chi connectivity index (χ4n) is 2.52. The summed E-state index contributed by atoms with van der Waals surface area (Å²) in [6.45, 7) is 6.53. The molecular weight excluding hydrogens is 398 g/mol. The van der Waals surface area contributed by atoms with Gasteiger partial charge < -0.3 is 10.1 Å². The first kappa shape index (κ1) is 22.2. The summed E-state index contributed by atoms with van der Waals surface area (Å²) in [5.41, 5.74) is 0.335. The molecule has 9 heteroatoms. The van der Waals surface area contributed by atoms with Gasteiger partial charge in [-0.3, -0.25) is 4.79 Å². The number of pyridine rings is 1. The predicted octanol–water partition coefficient (Wildman–Crippen LogP) is 3.24. The van der Waals surface area contributed by atoms with E-state index in [1.165, 1.54) is 28.2 Å². The number of sulfonamides is 1. The molecule has 0 atom stereocenters. The summed E-state index contributed by atoms with van der Waals surface area (Å²) in [4.78, 5) is 16.7. The average molecular weight is 424 g/mol. The number of hydrogen-bond acceptors (Lipinski definition) is 6. The summed E-state index contributed by atoms with van der Waals surface area (Å²) in [6, 6.07) is 9.99. The molecule has 2 aromatic rings. The third-order valence-corrected chi connectivity index (χ3v) is 6.85. The maximum Gasteiger partial charge on any atom is 0.243 e. The molecule has 0 aliphatic rings. The first-order valence-corrected chi connectivity index (χ1v) is 11.5. The largest absolute Gasteiger partial charge is 0.492 e. The molecule has 2 rings (SSSR count). The van der Waals surface area contributed by atoms with Crippen molar-refractivity contribution in [2.24, 2.45) is 0 Å².